The van der Waals surface area contributed by atoms with Crippen LogP contribution in [0, 0.1) is 0 Å². The molecular formula is C15H22N2. The van der Waals surface area contributed by atoms with Gasteiger partial charge in [-0.25, -0.2) is 0 Å². The molecule has 2 heteroatoms. The van der Waals surface area contributed by atoms with E-state index in [0.717, 1.165) is 0 Å². The van der Waals surface area contributed by atoms with Gasteiger partial charge >= 0.3 is 0 Å². The maximum atomic E-state index is 5.73. The van der Waals surface area contributed by atoms with Gasteiger partial charge in [0.15, 0.2) is 0 Å². The van der Waals surface area contributed by atoms with Gasteiger partial charge in [0.25, 0.3) is 0 Å². The normalized spacial score (nSPS) is 17.8. The van der Waals surface area contributed by atoms with Crippen molar-refractivity contribution in [3.05, 3.63) is 41.6 Å². The van der Waals surface area contributed by atoms with Crippen molar-refractivity contribution < 1.29 is 0 Å². The second-order valence-electron chi connectivity index (χ2n) is 5.59. The van der Waals surface area contributed by atoms with Crippen molar-refractivity contribution in [1.29, 1.82) is 0 Å². The third-order valence-electron chi connectivity index (χ3n) is 3.76. The molecule has 0 unspecified atom stereocenters. The number of hydrogen-bond donors (Lipinski definition) is 1. The summed E-state index contributed by atoms with van der Waals surface area (Å²) in [5, 5.41) is 0. The first-order chi connectivity index (χ1) is 7.89. The fraction of sp³-hybridized carbons (Fsp3) is 0.467. The quantitative estimate of drug-likeness (QED) is 0.845. The SMILES string of the molecule is C=C1N(C(C)C)c2ccc(CN)cc2C1(C)C. The zero-order valence-corrected chi connectivity index (χ0v) is 11.2. The molecule has 17 heavy (non-hydrogen) atoms. The Morgan fingerprint density at radius 1 is 1.35 bits per heavy atom. The maximum absolute atomic E-state index is 5.73. The summed E-state index contributed by atoms with van der Waals surface area (Å²) < 4.78 is 0. The maximum Gasteiger partial charge on any atom is 0.0453 e. The highest BCUT2D eigenvalue weighted by atomic mass is 15.2. The minimum Gasteiger partial charge on any atom is -0.342 e. The van der Waals surface area contributed by atoms with E-state index in [0.29, 0.717) is 12.6 Å². The molecule has 0 spiro atoms. The Morgan fingerprint density at radius 3 is 2.53 bits per heavy atom. The molecule has 92 valence electrons. The summed E-state index contributed by atoms with van der Waals surface area (Å²) in [6.07, 6.45) is 0. The third-order valence-corrected chi connectivity index (χ3v) is 3.76. The predicted molar refractivity (Wildman–Crippen MR) is 74.1 cm³/mol. The molecule has 0 aromatic heterocycles. The van der Waals surface area contributed by atoms with E-state index in [-0.39, 0.29) is 5.41 Å². The van der Waals surface area contributed by atoms with Gasteiger partial charge in [-0.1, -0.05) is 32.6 Å². The molecule has 1 aromatic carbocycles. The van der Waals surface area contributed by atoms with E-state index in [9.17, 15) is 0 Å². The molecule has 0 aliphatic carbocycles. The number of hydrogen-bond acceptors (Lipinski definition) is 2. The van der Waals surface area contributed by atoms with Crippen molar-refractivity contribution in [2.75, 3.05) is 4.90 Å². The highest BCUT2D eigenvalue weighted by Crippen LogP contribution is 2.48. The minimum absolute atomic E-state index is 0.00475. The molecule has 1 heterocycles. The lowest BCUT2D eigenvalue weighted by molar-refractivity contribution is 0.615. The van der Waals surface area contributed by atoms with E-state index in [1.807, 2.05) is 0 Å². The van der Waals surface area contributed by atoms with E-state index in [1.165, 1.54) is 22.5 Å². The van der Waals surface area contributed by atoms with Crippen LogP contribution in [0.3, 0.4) is 0 Å². The molecule has 0 saturated heterocycles. The Bertz CT molecular complexity index is 458. The Labute approximate surface area is 104 Å². The summed E-state index contributed by atoms with van der Waals surface area (Å²) in [4.78, 5) is 2.33. The van der Waals surface area contributed by atoms with Crippen molar-refractivity contribution in [3.63, 3.8) is 0 Å². The lowest BCUT2D eigenvalue weighted by Gasteiger charge is -2.29. The zero-order valence-electron chi connectivity index (χ0n) is 11.2. The summed E-state index contributed by atoms with van der Waals surface area (Å²) >= 11 is 0. The molecule has 0 saturated carbocycles. The number of nitrogens with zero attached hydrogens (tertiary/aromatic N) is 1. The van der Waals surface area contributed by atoms with Gasteiger partial charge in [0.2, 0.25) is 0 Å². The predicted octanol–water partition coefficient (Wildman–Crippen LogP) is 3.17. The second kappa shape index (κ2) is 3.88. The zero-order chi connectivity index (χ0) is 12.8. The van der Waals surface area contributed by atoms with Crippen molar-refractivity contribution in [1.82, 2.24) is 0 Å². The Morgan fingerprint density at radius 2 is 2.00 bits per heavy atom. The van der Waals surface area contributed by atoms with Crippen LogP contribution < -0.4 is 10.6 Å². The van der Waals surface area contributed by atoms with Crippen molar-refractivity contribution in [2.45, 2.75) is 45.7 Å². The van der Waals surface area contributed by atoms with E-state index in [4.69, 9.17) is 5.73 Å². The number of anilines is 1. The van der Waals surface area contributed by atoms with Gasteiger partial charge in [-0.2, -0.15) is 0 Å². The first-order valence-corrected chi connectivity index (χ1v) is 6.21. The monoisotopic (exact) mass is 230 g/mol. The van der Waals surface area contributed by atoms with Gasteiger partial charge in [0.05, 0.1) is 0 Å². The number of benzene rings is 1. The molecular weight excluding hydrogens is 208 g/mol. The number of nitrogens with two attached hydrogens (primary N) is 1. The van der Waals surface area contributed by atoms with Gasteiger partial charge in [-0.3, -0.25) is 0 Å². The average Bonchev–Trinajstić information content (AvgIpc) is 2.47. The number of fused-ring (bicyclic) bond motifs is 1. The van der Waals surface area contributed by atoms with Gasteiger partial charge < -0.3 is 10.6 Å². The summed E-state index contributed by atoms with van der Waals surface area (Å²) in [6.45, 7) is 13.7. The average molecular weight is 230 g/mol. The lowest BCUT2D eigenvalue weighted by Crippen LogP contribution is -2.30. The molecule has 0 amide bonds. The van der Waals surface area contributed by atoms with Crippen LogP contribution in [0.1, 0.15) is 38.8 Å². The summed E-state index contributed by atoms with van der Waals surface area (Å²) in [6, 6.07) is 6.95. The van der Waals surface area contributed by atoms with Crippen LogP contribution in [0.15, 0.2) is 30.5 Å². The second-order valence-corrected chi connectivity index (χ2v) is 5.59. The summed E-state index contributed by atoms with van der Waals surface area (Å²) in [5.41, 5.74) is 10.7. The molecule has 2 N–H and O–H groups in total. The molecule has 0 atom stereocenters. The number of rotatable bonds is 2. The molecule has 1 aliphatic heterocycles. The lowest BCUT2D eigenvalue weighted by atomic mass is 9.84. The first-order valence-electron chi connectivity index (χ1n) is 6.21. The summed E-state index contributed by atoms with van der Waals surface area (Å²) in [7, 11) is 0. The molecule has 0 radical (unpaired) electrons. The fourth-order valence-electron chi connectivity index (χ4n) is 2.61. The van der Waals surface area contributed by atoms with E-state index >= 15 is 0 Å². The van der Waals surface area contributed by atoms with E-state index in [1.54, 1.807) is 0 Å². The van der Waals surface area contributed by atoms with Crippen LogP contribution >= 0.6 is 0 Å². The topological polar surface area (TPSA) is 29.3 Å². The largest absolute Gasteiger partial charge is 0.342 e. The van der Waals surface area contributed by atoms with Gasteiger partial charge in [0, 0.05) is 29.4 Å². The van der Waals surface area contributed by atoms with Crippen molar-refractivity contribution >= 4 is 5.69 Å². The molecule has 2 nitrogen and oxygen atoms in total. The molecule has 0 bridgehead atoms. The summed E-state index contributed by atoms with van der Waals surface area (Å²) in [5.74, 6) is 0. The third kappa shape index (κ3) is 1.67. The smallest absolute Gasteiger partial charge is 0.0453 e. The highest BCUT2D eigenvalue weighted by molar-refractivity contribution is 5.71. The Hall–Kier alpha value is -1.28. The van der Waals surface area contributed by atoms with E-state index in [2.05, 4.69) is 57.4 Å². The van der Waals surface area contributed by atoms with Gasteiger partial charge in [-0.15, -0.1) is 0 Å². The fourth-order valence-corrected chi connectivity index (χ4v) is 2.61. The Balaban J connectivity index is 2.61. The van der Waals surface area contributed by atoms with Crippen molar-refractivity contribution in [3.8, 4) is 0 Å². The van der Waals surface area contributed by atoms with Crippen LogP contribution in [0.4, 0.5) is 5.69 Å². The highest BCUT2D eigenvalue weighted by Gasteiger charge is 2.39. The van der Waals surface area contributed by atoms with Crippen LogP contribution in [0.5, 0.6) is 0 Å². The van der Waals surface area contributed by atoms with Crippen LogP contribution in [0.25, 0.3) is 0 Å². The standard InChI is InChI=1S/C15H22N2/c1-10(2)17-11(3)15(4,5)13-8-12(9-16)6-7-14(13)17/h6-8,10H,3,9,16H2,1-2,4-5H3. The molecule has 1 aromatic rings. The van der Waals surface area contributed by atoms with Crippen LogP contribution in [-0.2, 0) is 12.0 Å². The van der Waals surface area contributed by atoms with Crippen LogP contribution in [0.2, 0.25) is 0 Å². The first kappa shape index (κ1) is 12.2. The van der Waals surface area contributed by atoms with Gasteiger partial charge in [-0.05, 0) is 31.0 Å². The molecule has 2 rings (SSSR count). The Kier molecular flexibility index (Phi) is 2.78. The molecule has 0 fully saturated rings. The van der Waals surface area contributed by atoms with Gasteiger partial charge in [0.1, 0.15) is 0 Å². The van der Waals surface area contributed by atoms with Crippen molar-refractivity contribution in [2.24, 2.45) is 5.73 Å². The minimum atomic E-state index is 0.00475. The van der Waals surface area contributed by atoms with E-state index < -0.39 is 0 Å². The molecule has 1 aliphatic rings. The number of allylic oxidation sites excluding steroid dienone is 1. The van der Waals surface area contributed by atoms with Crippen LogP contribution in [-0.4, -0.2) is 6.04 Å².